The van der Waals surface area contributed by atoms with Crippen LogP contribution in [0.25, 0.3) is 10.9 Å². The van der Waals surface area contributed by atoms with Crippen LogP contribution < -0.4 is 10.3 Å². The molecule has 142 valence electrons. The molecule has 0 atom stereocenters. The number of nitrogens with zero attached hydrogens (tertiary/aromatic N) is 5. The first-order valence-corrected chi connectivity index (χ1v) is 11.1. The SMILES string of the molecule is COc1ccc(CSc2nnc(SCn3nnc4ccccc4c3=O)s2)cc1. The van der Waals surface area contributed by atoms with Crippen LogP contribution in [0, 0.1) is 0 Å². The highest BCUT2D eigenvalue weighted by Crippen LogP contribution is 2.31. The fraction of sp³-hybridized carbons (Fsp3) is 0.167. The van der Waals surface area contributed by atoms with Crippen LogP contribution >= 0.6 is 34.9 Å². The van der Waals surface area contributed by atoms with Gasteiger partial charge in [0.05, 0.1) is 18.4 Å². The van der Waals surface area contributed by atoms with E-state index in [1.54, 1.807) is 31.0 Å². The quantitative estimate of drug-likeness (QED) is 0.411. The molecule has 0 amide bonds. The molecule has 7 nitrogen and oxygen atoms in total. The molecule has 28 heavy (non-hydrogen) atoms. The molecule has 0 spiro atoms. The van der Waals surface area contributed by atoms with E-state index in [2.05, 4.69) is 20.5 Å². The number of benzene rings is 2. The van der Waals surface area contributed by atoms with E-state index >= 15 is 0 Å². The highest BCUT2D eigenvalue weighted by molar-refractivity contribution is 8.02. The van der Waals surface area contributed by atoms with Crippen molar-refractivity contribution in [1.29, 1.82) is 0 Å². The molecule has 0 aliphatic rings. The van der Waals surface area contributed by atoms with Crippen molar-refractivity contribution in [3.05, 3.63) is 64.4 Å². The summed E-state index contributed by atoms with van der Waals surface area (Å²) in [6.45, 7) is 0. The minimum atomic E-state index is -0.156. The van der Waals surface area contributed by atoms with Gasteiger partial charge >= 0.3 is 0 Å². The molecule has 2 aromatic carbocycles. The summed E-state index contributed by atoms with van der Waals surface area (Å²) in [5.41, 5.74) is 1.63. The Hall–Kier alpha value is -2.43. The van der Waals surface area contributed by atoms with Crippen molar-refractivity contribution < 1.29 is 4.74 Å². The Morgan fingerprint density at radius 1 is 1.00 bits per heavy atom. The maximum atomic E-state index is 12.5. The third-order valence-electron chi connectivity index (χ3n) is 3.85. The van der Waals surface area contributed by atoms with Gasteiger partial charge in [0, 0.05) is 5.75 Å². The minimum Gasteiger partial charge on any atom is -0.497 e. The van der Waals surface area contributed by atoms with E-state index in [0.29, 0.717) is 16.8 Å². The predicted molar refractivity (Wildman–Crippen MR) is 112 cm³/mol. The molecule has 0 saturated carbocycles. The molecule has 0 radical (unpaired) electrons. The van der Waals surface area contributed by atoms with Crippen molar-refractivity contribution in [3.8, 4) is 5.75 Å². The van der Waals surface area contributed by atoms with Crippen molar-refractivity contribution in [2.45, 2.75) is 20.3 Å². The molecular formula is C18H15N5O2S3. The van der Waals surface area contributed by atoms with Gasteiger partial charge < -0.3 is 4.74 Å². The number of thioether (sulfide) groups is 2. The second-order valence-electron chi connectivity index (χ2n) is 5.66. The second-order valence-corrected chi connectivity index (χ2v) is 9.05. The van der Waals surface area contributed by atoms with Crippen molar-refractivity contribution >= 4 is 45.8 Å². The summed E-state index contributed by atoms with van der Waals surface area (Å²) in [4.78, 5) is 12.5. The molecule has 2 aromatic heterocycles. The molecule has 2 heterocycles. The zero-order chi connectivity index (χ0) is 19.3. The molecule has 4 rings (SSSR count). The molecule has 10 heteroatoms. The minimum absolute atomic E-state index is 0.156. The van der Waals surface area contributed by atoms with E-state index in [1.807, 2.05) is 36.4 Å². The summed E-state index contributed by atoms with van der Waals surface area (Å²) in [5.74, 6) is 1.99. The van der Waals surface area contributed by atoms with E-state index < -0.39 is 0 Å². The van der Waals surface area contributed by atoms with Gasteiger partial charge in [-0.3, -0.25) is 4.79 Å². The highest BCUT2D eigenvalue weighted by Gasteiger charge is 2.09. The number of aromatic nitrogens is 5. The molecule has 0 fully saturated rings. The van der Waals surface area contributed by atoms with E-state index in [0.717, 1.165) is 20.2 Å². The summed E-state index contributed by atoms with van der Waals surface area (Å²) < 4.78 is 8.19. The van der Waals surface area contributed by atoms with Crippen LogP contribution in [0.5, 0.6) is 5.75 Å². The molecular weight excluding hydrogens is 414 g/mol. The molecule has 0 N–H and O–H groups in total. The normalized spacial score (nSPS) is 11.0. The van der Waals surface area contributed by atoms with Gasteiger partial charge in [0.15, 0.2) is 8.68 Å². The average Bonchev–Trinajstić information content (AvgIpc) is 3.20. The monoisotopic (exact) mass is 429 g/mol. The first-order valence-electron chi connectivity index (χ1n) is 8.27. The summed E-state index contributed by atoms with van der Waals surface area (Å²) >= 11 is 4.55. The highest BCUT2D eigenvalue weighted by atomic mass is 32.2. The van der Waals surface area contributed by atoms with Crippen molar-refractivity contribution in [3.63, 3.8) is 0 Å². The first-order chi connectivity index (χ1) is 13.7. The lowest BCUT2D eigenvalue weighted by atomic mass is 10.2. The summed E-state index contributed by atoms with van der Waals surface area (Å²) in [5, 5.41) is 17.0. The number of hydrogen-bond acceptors (Lipinski definition) is 9. The number of methoxy groups -OCH3 is 1. The average molecular weight is 430 g/mol. The maximum Gasteiger partial charge on any atom is 0.278 e. The number of hydrogen-bond donors (Lipinski definition) is 0. The smallest absolute Gasteiger partial charge is 0.278 e. The van der Waals surface area contributed by atoms with Gasteiger partial charge in [0.25, 0.3) is 5.56 Å². The Morgan fingerprint density at radius 2 is 1.75 bits per heavy atom. The van der Waals surface area contributed by atoms with Crippen molar-refractivity contribution in [1.82, 2.24) is 25.2 Å². The predicted octanol–water partition coefficient (Wildman–Crippen LogP) is 3.69. The lowest BCUT2D eigenvalue weighted by molar-refractivity contribution is 0.414. The van der Waals surface area contributed by atoms with E-state index in [4.69, 9.17) is 4.74 Å². The molecule has 0 bridgehead atoms. The molecule has 0 aliphatic carbocycles. The van der Waals surface area contributed by atoms with E-state index in [-0.39, 0.29) is 5.56 Å². The molecule has 4 aromatic rings. The van der Waals surface area contributed by atoms with Gasteiger partial charge in [-0.1, -0.05) is 64.3 Å². The molecule has 0 aliphatic heterocycles. The Balaban J connectivity index is 1.37. The second kappa shape index (κ2) is 8.72. The van der Waals surface area contributed by atoms with Crippen LogP contribution in [-0.4, -0.2) is 32.3 Å². The van der Waals surface area contributed by atoms with Gasteiger partial charge in [-0.25, -0.2) is 0 Å². The van der Waals surface area contributed by atoms with Crippen LogP contribution in [0.3, 0.4) is 0 Å². The Kier molecular flexibility index (Phi) is 5.89. The Morgan fingerprint density at radius 3 is 2.54 bits per heavy atom. The lowest BCUT2D eigenvalue weighted by Gasteiger charge is -2.02. The van der Waals surface area contributed by atoms with Crippen LogP contribution in [0.1, 0.15) is 5.56 Å². The van der Waals surface area contributed by atoms with Crippen LogP contribution in [0.2, 0.25) is 0 Å². The zero-order valence-corrected chi connectivity index (χ0v) is 17.3. The third kappa shape index (κ3) is 4.34. The maximum absolute atomic E-state index is 12.5. The van der Waals surface area contributed by atoms with Crippen molar-refractivity contribution in [2.24, 2.45) is 0 Å². The van der Waals surface area contributed by atoms with Crippen LogP contribution in [-0.2, 0) is 11.6 Å². The van der Waals surface area contributed by atoms with E-state index in [1.165, 1.54) is 33.3 Å². The van der Waals surface area contributed by atoms with Gasteiger partial charge in [-0.05, 0) is 29.8 Å². The van der Waals surface area contributed by atoms with Gasteiger partial charge in [-0.15, -0.1) is 15.3 Å². The lowest BCUT2D eigenvalue weighted by Crippen LogP contribution is -2.23. The first kappa shape index (κ1) is 18.9. The number of fused-ring (bicyclic) bond motifs is 1. The number of ether oxygens (including phenoxy) is 1. The van der Waals surface area contributed by atoms with Crippen molar-refractivity contribution in [2.75, 3.05) is 7.11 Å². The Bertz CT molecular complexity index is 1140. The fourth-order valence-electron chi connectivity index (χ4n) is 2.40. The topological polar surface area (TPSA) is 82.8 Å². The standard InChI is InChI=1S/C18H15N5O2S3/c1-25-13-8-6-12(7-9-13)10-26-17-20-21-18(28-17)27-11-23-16(24)14-4-2-3-5-15(14)19-22-23/h2-9H,10-11H2,1H3. The summed E-state index contributed by atoms with van der Waals surface area (Å²) in [7, 11) is 1.65. The van der Waals surface area contributed by atoms with Gasteiger partial charge in [0.1, 0.15) is 11.3 Å². The van der Waals surface area contributed by atoms with E-state index in [9.17, 15) is 4.79 Å². The molecule has 0 saturated heterocycles. The zero-order valence-electron chi connectivity index (χ0n) is 14.8. The van der Waals surface area contributed by atoms with Gasteiger partial charge in [0.2, 0.25) is 0 Å². The summed E-state index contributed by atoms with van der Waals surface area (Å²) in [6, 6.07) is 15.1. The van der Waals surface area contributed by atoms with Crippen LogP contribution in [0.4, 0.5) is 0 Å². The van der Waals surface area contributed by atoms with Crippen LogP contribution in [0.15, 0.2) is 62.0 Å². The Labute approximate surface area is 173 Å². The van der Waals surface area contributed by atoms with Gasteiger partial charge in [-0.2, -0.15) is 4.68 Å². The largest absolute Gasteiger partial charge is 0.497 e. The molecule has 0 unspecified atom stereocenters. The summed E-state index contributed by atoms with van der Waals surface area (Å²) in [6.07, 6.45) is 0. The number of rotatable bonds is 7. The third-order valence-corrected chi connectivity index (χ3v) is 7.08. The fourth-order valence-corrected chi connectivity index (χ4v) is 5.24.